The largest absolute Gasteiger partial charge is 0.394 e. The predicted molar refractivity (Wildman–Crippen MR) is 119 cm³/mol. The second-order valence-electron chi connectivity index (χ2n) is 9.43. The van der Waals surface area contributed by atoms with Crippen LogP contribution in [0.4, 0.5) is 0 Å². The van der Waals surface area contributed by atoms with Gasteiger partial charge in [-0.25, -0.2) is 0 Å². The second-order valence-corrected chi connectivity index (χ2v) is 9.43. The average Bonchev–Trinajstić information content (AvgIpc) is 2.74. The van der Waals surface area contributed by atoms with E-state index in [-0.39, 0.29) is 0 Å². The number of aliphatic hydroxyl groups is 5. The molecule has 6 heteroatoms. The Labute approximate surface area is 185 Å². The Bertz CT molecular complexity index is 450. The molecule has 1 heterocycles. The van der Waals surface area contributed by atoms with E-state index >= 15 is 0 Å². The molecule has 6 nitrogen and oxygen atoms in total. The molecule has 0 aromatic heterocycles. The SMILES string of the molecule is [2H]C(CCCCCCCCCCCCCCC(C)C)C1(O)O[C@H](CO)[C@H](O)[C@H](O)[C@H]1O. The minimum absolute atomic E-state index is 0.311. The van der Waals surface area contributed by atoms with Gasteiger partial charge in [-0.05, 0) is 12.3 Å². The van der Waals surface area contributed by atoms with Crippen LogP contribution in [-0.4, -0.2) is 62.3 Å². The van der Waals surface area contributed by atoms with E-state index < -0.39 is 43.2 Å². The fourth-order valence-electron chi connectivity index (χ4n) is 4.12. The van der Waals surface area contributed by atoms with Crippen LogP contribution < -0.4 is 0 Å². The maximum absolute atomic E-state index is 10.6. The van der Waals surface area contributed by atoms with Crippen molar-refractivity contribution >= 4 is 0 Å². The molecule has 1 rings (SSSR count). The standard InChI is InChI=1S/C24H48O6/c1-19(2)16-14-12-10-8-6-4-3-5-7-9-11-13-15-17-24(29)23(28)22(27)21(26)20(18-25)30-24/h19-23,25-29H,3-18H2,1-2H3/t20-,21+,22+,23-,24?/m1/s1/i17D/t17?,20-,21+,22+,23-,24?. The van der Waals surface area contributed by atoms with Gasteiger partial charge in [0.2, 0.25) is 0 Å². The van der Waals surface area contributed by atoms with Crippen molar-refractivity contribution in [1.29, 1.82) is 0 Å². The van der Waals surface area contributed by atoms with E-state index in [9.17, 15) is 25.5 Å². The van der Waals surface area contributed by atoms with Crippen LogP contribution in [-0.2, 0) is 4.74 Å². The topological polar surface area (TPSA) is 110 Å². The molecular formula is C24H48O6. The Morgan fingerprint density at radius 1 is 0.767 bits per heavy atom. The smallest absolute Gasteiger partial charge is 0.195 e. The van der Waals surface area contributed by atoms with Gasteiger partial charge in [0.25, 0.3) is 0 Å². The molecule has 0 saturated carbocycles. The van der Waals surface area contributed by atoms with Crippen molar-refractivity contribution in [3.8, 4) is 0 Å². The van der Waals surface area contributed by atoms with Gasteiger partial charge in [-0.15, -0.1) is 0 Å². The Kier molecular flexibility index (Phi) is 13.5. The zero-order chi connectivity index (χ0) is 23.3. The van der Waals surface area contributed by atoms with Crippen molar-refractivity contribution in [2.45, 2.75) is 140 Å². The molecule has 1 aliphatic heterocycles. The molecule has 1 fully saturated rings. The van der Waals surface area contributed by atoms with Crippen molar-refractivity contribution in [2.75, 3.05) is 6.61 Å². The lowest BCUT2D eigenvalue weighted by atomic mass is 9.89. The number of hydrogen-bond acceptors (Lipinski definition) is 6. The quantitative estimate of drug-likeness (QED) is 0.224. The molecule has 30 heavy (non-hydrogen) atoms. The van der Waals surface area contributed by atoms with Gasteiger partial charge in [-0.3, -0.25) is 0 Å². The van der Waals surface area contributed by atoms with Crippen LogP contribution in [0, 0.1) is 5.92 Å². The van der Waals surface area contributed by atoms with Gasteiger partial charge in [0.1, 0.15) is 24.4 Å². The molecule has 0 aromatic rings. The second kappa shape index (κ2) is 15.5. The summed E-state index contributed by atoms with van der Waals surface area (Å²) in [5.74, 6) is -1.47. The lowest BCUT2D eigenvalue weighted by Crippen LogP contribution is -2.65. The lowest BCUT2D eigenvalue weighted by molar-refractivity contribution is -0.351. The van der Waals surface area contributed by atoms with Crippen LogP contribution in [0.1, 0.15) is 112 Å². The summed E-state index contributed by atoms with van der Waals surface area (Å²) in [6.07, 6.45) is 8.79. The molecule has 0 aliphatic carbocycles. The molecule has 0 spiro atoms. The highest BCUT2D eigenvalue weighted by Crippen LogP contribution is 2.32. The van der Waals surface area contributed by atoms with Crippen molar-refractivity contribution < 1.29 is 31.6 Å². The minimum atomic E-state index is -2.29. The highest BCUT2D eigenvalue weighted by atomic mass is 16.7. The monoisotopic (exact) mass is 433 g/mol. The Morgan fingerprint density at radius 2 is 1.20 bits per heavy atom. The molecular weight excluding hydrogens is 384 g/mol. The maximum Gasteiger partial charge on any atom is 0.195 e. The first-order valence-corrected chi connectivity index (χ1v) is 12.2. The van der Waals surface area contributed by atoms with Gasteiger partial charge >= 0.3 is 0 Å². The fraction of sp³-hybridized carbons (Fsp3) is 1.00. The summed E-state index contributed by atoms with van der Waals surface area (Å²) in [5, 5.41) is 49.6. The summed E-state index contributed by atoms with van der Waals surface area (Å²) in [7, 11) is 0. The van der Waals surface area contributed by atoms with Crippen LogP contribution in [0.5, 0.6) is 0 Å². The van der Waals surface area contributed by atoms with E-state index in [1.807, 2.05) is 0 Å². The number of ether oxygens (including phenoxy) is 1. The molecule has 0 amide bonds. The van der Waals surface area contributed by atoms with E-state index in [4.69, 9.17) is 6.11 Å². The minimum Gasteiger partial charge on any atom is -0.394 e. The molecule has 0 aromatic carbocycles. The summed E-state index contributed by atoms with van der Waals surface area (Å²) in [5.41, 5.74) is 0. The zero-order valence-corrected chi connectivity index (χ0v) is 19.2. The number of aliphatic hydroxyl groups excluding tert-OH is 4. The average molecular weight is 434 g/mol. The van der Waals surface area contributed by atoms with Gasteiger partial charge in [-0.2, -0.15) is 0 Å². The van der Waals surface area contributed by atoms with Gasteiger partial charge in [0.15, 0.2) is 5.79 Å². The molecule has 2 unspecified atom stereocenters. The van der Waals surface area contributed by atoms with E-state index in [1.165, 1.54) is 57.8 Å². The maximum atomic E-state index is 10.6. The first kappa shape index (κ1) is 26.0. The molecule has 180 valence electrons. The van der Waals surface area contributed by atoms with Gasteiger partial charge < -0.3 is 30.3 Å². The van der Waals surface area contributed by atoms with Crippen molar-refractivity contribution in [1.82, 2.24) is 0 Å². The number of rotatable bonds is 17. The Balaban J connectivity index is 2.06. The summed E-state index contributed by atoms with van der Waals surface area (Å²) in [6.45, 7) is 3.96. The molecule has 0 bridgehead atoms. The van der Waals surface area contributed by atoms with E-state index in [1.54, 1.807) is 0 Å². The number of unbranched alkanes of at least 4 members (excludes halogenated alkanes) is 11. The first-order chi connectivity index (χ1) is 14.7. The normalized spacial score (nSPS) is 31.1. The van der Waals surface area contributed by atoms with Crippen molar-refractivity contribution in [3.63, 3.8) is 0 Å². The van der Waals surface area contributed by atoms with E-state index in [2.05, 4.69) is 13.8 Å². The third-order valence-electron chi connectivity index (χ3n) is 6.17. The highest BCUT2D eigenvalue weighted by Gasteiger charge is 2.51. The zero-order valence-electron chi connectivity index (χ0n) is 20.2. The van der Waals surface area contributed by atoms with Crippen LogP contribution in [0.3, 0.4) is 0 Å². The van der Waals surface area contributed by atoms with Gasteiger partial charge in [0.05, 0.1) is 6.61 Å². The third-order valence-corrected chi connectivity index (χ3v) is 6.17. The van der Waals surface area contributed by atoms with Gasteiger partial charge in [-0.1, -0.05) is 97.3 Å². The summed E-state index contributed by atoms with van der Waals surface area (Å²) < 4.78 is 13.4. The summed E-state index contributed by atoms with van der Waals surface area (Å²) in [4.78, 5) is 0. The van der Waals surface area contributed by atoms with Crippen LogP contribution in [0.15, 0.2) is 0 Å². The van der Waals surface area contributed by atoms with E-state index in [0.29, 0.717) is 12.8 Å². The number of hydrogen-bond donors (Lipinski definition) is 5. The lowest BCUT2D eigenvalue weighted by Gasteiger charge is -2.45. The molecule has 0 radical (unpaired) electrons. The molecule has 6 atom stereocenters. The predicted octanol–water partition coefficient (Wildman–Crippen LogP) is 3.66. The van der Waals surface area contributed by atoms with Crippen LogP contribution in [0.2, 0.25) is 0 Å². The molecule has 5 N–H and O–H groups in total. The van der Waals surface area contributed by atoms with Crippen LogP contribution >= 0.6 is 0 Å². The molecule has 1 saturated heterocycles. The fourth-order valence-corrected chi connectivity index (χ4v) is 4.12. The third kappa shape index (κ3) is 10.4. The first-order valence-electron chi connectivity index (χ1n) is 12.8. The van der Waals surface area contributed by atoms with E-state index in [0.717, 1.165) is 25.2 Å². The summed E-state index contributed by atoms with van der Waals surface area (Å²) >= 11 is 0. The Morgan fingerprint density at radius 3 is 1.63 bits per heavy atom. The summed E-state index contributed by atoms with van der Waals surface area (Å²) in [6, 6.07) is 0. The van der Waals surface area contributed by atoms with Crippen LogP contribution in [0.25, 0.3) is 0 Å². The van der Waals surface area contributed by atoms with Gasteiger partial charge in [0, 0.05) is 7.77 Å². The van der Waals surface area contributed by atoms with Crippen molar-refractivity contribution in [3.05, 3.63) is 0 Å². The Hall–Kier alpha value is -0.240. The molecule has 1 aliphatic rings. The highest BCUT2D eigenvalue weighted by molar-refractivity contribution is 4.95. The van der Waals surface area contributed by atoms with Crippen molar-refractivity contribution in [2.24, 2.45) is 5.92 Å².